The molecule has 100 valence electrons. The first-order chi connectivity index (χ1) is 8.00. The van der Waals surface area contributed by atoms with Gasteiger partial charge in [0.1, 0.15) is 6.04 Å². The Bertz CT molecular complexity index is 238. The molecule has 1 aliphatic rings. The van der Waals surface area contributed by atoms with Gasteiger partial charge < -0.3 is 10.1 Å². The van der Waals surface area contributed by atoms with E-state index in [2.05, 4.69) is 24.1 Å². The number of carbonyl (C=O) groups is 1. The van der Waals surface area contributed by atoms with E-state index < -0.39 is 0 Å². The van der Waals surface area contributed by atoms with Gasteiger partial charge in [-0.1, -0.05) is 13.8 Å². The molecule has 1 rings (SSSR count). The maximum absolute atomic E-state index is 11.9. The number of ether oxygens (including phenoxy) is 1. The lowest BCUT2D eigenvalue weighted by atomic mass is 10.1. The topological polar surface area (TPSA) is 41.6 Å². The fourth-order valence-corrected chi connectivity index (χ4v) is 2.23. The lowest BCUT2D eigenvalue weighted by Crippen LogP contribution is -2.50. The fourth-order valence-electron chi connectivity index (χ4n) is 2.23. The highest BCUT2D eigenvalue weighted by atomic mass is 16.5. The molecule has 4 heteroatoms. The second kappa shape index (κ2) is 6.97. The van der Waals surface area contributed by atoms with Crippen LogP contribution in [0.3, 0.4) is 0 Å². The highest BCUT2D eigenvalue weighted by Crippen LogP contribution is 2.10. The standard InChI is InChI=1S/C13H26N2O2/c1-10(2)9-11(3)17-13(16)12(4)15-7-5-14-6-8-15/h10-12,14H,5-9H2,1-4H3. The predicted molar refractivity (Wildman–Crippen MR) is 68.9 cm³/mol. The molecule has 0 bridgehead atoms. The Morgan fingerprint density at radius 1 is 1.24 bits per heavy atom. The van der Waals surface area contributed by atoms with Crippen molar-refractivity contribution in [1.29, 1.82) is 0 Å². The van der Waals surface area contributed by atoms with E-state index in [-0.39, 0.29) is 18.1 Å². The van der Waals surface area contributed by atoms with Crippen molar-refractivity contribution in [3.05, 3.63) is 0 Å². The van der Waals surface area contributed by atoms with Gasteiger partial charge in [-0.15, -0.1) is 0 Å². The van der Waals surface area contributed by atoms with Crippen molar-refractivity contribution in [3.63, 3.8) is 0 Å². The van der Waals surface area contributed by atoms with Crippen molar-refractivity contribution in [2.45, 2.75) is 46.3 Å². The number of esters is 1. The van der Waals surface area contributed by atoms with Crippen molar-refractivity contribution < 1.29 is 9.53 Å². The minimum Gasteiger partial charge on any atom is -0.462 e. The van der Waals surface area contributed by atoms with Gasteiger partial charge in [0.15, 0.2) is 0 Å². The van der Waals surface area contributed by atoms with Crippen LogP contribution in [0.4, 0.5) is 0 Å². The number of nitrogens with zero attached hydrogens (tertiary/aromatic N) is 1. The van der Waals surface area contributed by atoms with Gasteiger partial charge in [0.2, 0.25) is 0 Å². The molecule has 0 aliphatic carbocycles. The SMILES string of the molecule is CC(C)CC(C)OC(=O)C(C)N1CCNCC1. The highest BCUT2D eigenvalue weighted by Gasteiger charge is 2.25. The molecule has 1 heterocycles. The number of piperazine rings is 1. The second-order valence-corrected chi connectivity index (χ2v) is 5.34. The van der Waals surface area contributed by atoms with Crippen molar-refractivity contribution in [2.75, 3.05) is 26.2 Å². The Balaban J connectivity index is 2.35. The molecule has 17 heavy (non-hydrogen) atoms. The Kier molecular flexibility index (Phi) is 5.92. The molecule has 0 aromatic heterocycles. The lowest BCUT2D eigenvalue weighted by Gasteiger charge is -2.32. The summed E-state index contributed by atoms with van der Waals surface area (Å²) in [6, 6.07) is -0.119. The number of nitrogens with one attached hydrogen (secondary N) is 1. The zero-order valence-electron chi connectivity index (χ0n) is 11.5. The number of rotatable bonds is 5. The summed E-state index contributed by atoms with van der Waals surface area (Å²) in [4.78, 5) is 14.1. The second-order valence-electron chi connectivity index (χ2n) is 5.34. The molecular weight excluding hydrogens is 216 g/mol. The van der Waals surface area contributed by atoms with E-state index in [9.17, 15) is 4.79 Å². The lowest BCUT2D eigenvalue weighted by molar-refractivity contribution is -0.155. The minimum absolute atomic E-state index is 0.0212. The third-order valence-electron chi connectivity index (χ3n) is 3.16. The average Bonchev–Trinajstić information content (AvgIpc) is 2.28. The normalized spacial score (nSPS) is 21.2. The van der Waals surface area contributed by atoms with Crippen LogP contribution >= 0.6 is 0 Å². The quantitative estimate of drug-likeness (QED) is 0.737. The molecule has 1 N–H and O–H groups in total. The van der Waals surface area contributed by atoms with E-state index >= 15 is 0 Å². The molecule has 0 aromatic carbocycles. The zero-order chi connectivity index (χ0) is 12.8. The van der Waals surface area contributed by atoms with Gasteiger partial charge in [0.25, 0.3) is 0 Å². The van der Waals surface area contributed by atoms with Gasteiger partial charge in [0, 0.05) is 26.2 Å². The molecule has 0 saturated carbocycles. The van der Waals surface area contributed by atoms with Crippen LogP contribution in [0.25, 0.3) is 0 Å². The molecule has 2 atom stereocenters. The highest BCUT2D eigenvalue weighted by molar-refractivity contribution is 5.75. The van der Waals surface area contributed by atoms with Crippen LogP contribution in [0.1, 0.15) is 34.1 Å². The first-order valence-electron chi connectivity index (χ1n) is 6.66. The van der Waals surface area contributed by atoms with Gasteiger partial charge in [-0.25, -0.2) is 0 Å². The number of hydrogen-bond donors (Lipinski definition) is 1. The van der Waals surface area contributed by atoms with E-state index in [4.69, 9.17) is 4.74 Å². The van der Waals surface area contributed by atoms with Crippen LogP contribution in [0.15, 0.2) is 0 Å². The summed E-state index contributed by atoms with van der Waals surface area (Å²) in [5.41, 5.74) is 0. The average molecular weight is 242 g/mol. The third kappa shape index (κ3) is 5.04. The Morgan fingerprint density at radius 3 is 2.35 bits per heavy atom. The fraction of sp³-hybridized carbons (Fsp3) is 0.923. The smallest absolute Gasteiger partial charge is 0.323 e. The summed E-state index contributed by atoms with van der Waals surface area (Å²) in [5.74, 6) is 0.479. The summed E-state index contributed by atoms with van der Waals surface area (Å²) in [6.45, 7) is 12.0. The molecule has 0 radical (unpaired) electrons. The number of carbonyl (C=O) groups excluding carboxylic acids is 1. The molecule has 1 fully saturated rings. The van der Waals surface area contributed by atoms with E-state index in [1.165, 1.54) is 0 Å². The summed E-state index contributed by atoms with van der Waals surface area (Å²) in [5, 5.41) is 3.28. The van der Waals surface area contributed by atoms with Gasteiger partial charge in [-0.3, -0.25) is 9.69 Å². The van der Waals surface area contributed by atoms with Crippen LogP contribution in [0.5, 0.6) is 0 Å². The molecule has 0 amide bonds. The van der Waals surface area contributed by atoms with Crippen LogP contribution in [-0.4, -0.2) is 49.2 Å². The summed E-state index contributed by atoms with van der Waals surface area (Å²) in [6.07, 6.45) is 0.952. The third-order valence-corrected chi connectivity index (χ3v) is 3.16. The van der Waals surface area contributed by atoms with Crippen molar-refractivity contribution >= 4 is 5.97 Å². The Labute approximate surface area is 105 Å². The maximum Gasteiger partial charge on any atom is 0.323 e. The molecule has 2 unspecified atom stereocenters. The first-order valence-corrected chi connectivity index (χ1v) is 6.66. The van der Waals surface area contributed by atoms with Crippen molar-refractivity contribution in [2.24, 2.45) is 5.92 Å². The molecular formula is C13H26N2O2. The van der Waals surface area contributed by atoms with E-state index in [1.54, 1.807) is 0 Å². The van der Waals surface area contributed by atoms with Crippen molar-refractivity contribution in [1.82, 2.24) is 10.2 Å². The van der Waals surface area contributed by atoms with Crippen LogP contribution in [0.2, 0.25) is 0 Å². The summed E-state index contributed by atoms with van der Waals surface area (Å²) >= 11 is 0. The Hall–Kier alpha value is -0.610. The van der Waals surface area contributed by atoms with Gasteiger partial charge >= 0.3 is 5.97 Å². The van der Waals surface area contributed by atoms with Gasteiger partial charge in [-0.05, 0) is 26.2 Å². The van der Waals surface area contributed by atoms with E-state index in [0.717, 1.165) is 32.6 Å². The first kappa shape index (κ1) is 14.5. The number of hydrogen-bond acceptors (Lipinski definition) is 4. The predicted octanol–water partition coefficient (Wildman–Crippen LogP) is 1.26. The molecule has 4 nitrogen and oxygen atoms in total. The molecule has 0 aromatic rings. The largest absolute Gasteiger partial charge is 0.462 e. The van der Waals surface area contributed by atoms with E-state index in [1.807, 2.05) is 13.8 Å². The molecule has 1 saturated heterocycles. The summed E-state index contributed by atoms with van der Waals surface area (Å²) in [7, 11) is 0. The Morgan fingerprint density at radius 2 is 1.82 bits per heavy atom. The van der Waals surface area contributed by atoms with Crippen LogP contribution < -0.4 is 5.32 Å². The maximum atomic E-state index is 11.9. The monoisotopic (exact) mass is 242 g/mol. The van der Waals surface area contributed by atoms with Crippen molar-refractivity contribution in [3.8, 4) is 0 Å². The van der Waals surface area contributed by atoms with E-state index in [0.29, 0.717) is 5.92 Å². The molecule has 0 spiro atoms. The van der Waals surface area contributed by atoms with Gasteiger partial charge in [-0.2, -0.15) is 0 Å². The summed E-state index contributed by atoms with van der Waals surface area (Å²) < 4.78 is 5.48. The van der Waals surface area contributed by atoms with Crippen LogP contribution in [-0.2, 0) is 9.53 Å². The van der Waals surface area contributed by atoms with Gasteiger partial charge in [0.05, 0.1) is 6.10 Å². The minimum atomic E-state index is -0.119. The van der Waals surface area contributed by atoms with Crippen LogP contribution in [0, 0.1) is 5.92 Å². The molecule has 1 aliphatic heterocycles. The zero-order valence-corrected chi connectivity index (χ0v) is 11.5.